The molecule has 6 nitrogen and oxygen atoms in total. The summed E-state index contributed by atoms with van der Waals surface area (Å²) in [5.41, 5.74) is 7.56. The van der Waals surface area contributed by atoms with Gasteiger partial charge in [-0.15, -0.1) is 0 Å². The lowest BCUT2D eigenvalue weighted by Gasteiger charge is -2.12. The van der Waals surface area contributed by atoms with Gasteiger partial charge in [0.15, 0.2) is 0 Å². The topological polar surface area (TPSA) is 92.9 Å². The third kappa shape index (κ3) is 1.89. The molecule has 1 aromatic rings. The molecule has 0 saturated carbocycles. The number of carboxylic acid groups (broad SMARTS) is 1. The number of benzene rings is 1. The molecule has 1 aromatic carbocycles. The Morgan fingerprint density at radius 2 is 1.94 bits per heavy atom. The number of nitrogens with two attached hydrogens (primary N) is 1. The highest BCUT2D eigenvalue weighted by Gasteiger charge is 2.25. The summed E-state index contributed by atoms with van der Waals surface area (Å²) in [6.07, 6.45) is -0.434. The van der Waals surface area contributed by atoms with Crippen LogP contribution in [0.1, 0.15) is 21.5 Å². The Hall–Kier alpha value is -2.24. The van der Waals surface area contributed by atoms with Crippen molar-refractivity contribution in [1.82, 2.24) is 4.90 Å². The van der Waals surface area contributed by atoms with Crippen molar-refractivity contribution in [1.29, 1.82) is 0 Å². The molecular formula is C11H12N2O4. The Balaban J connectivity index is 2.33. The molecule has 17 heavy (non-hydrogen) atoms. The van der Waals surface area contributed by atoms with E-state index in [-0.39, 0.29) is 11.3 Å². The van der Waals surface area contributed by atoms with Crippen LogP contribution in [0.2, 0.25) is 0 Å². The largest absolute Gasteiger partial charge is 0.478 e. The standard InChI is InChI=1S/C11H12N2O4/c1-17-11(16)13-4-6-2-8(10(14)15)9(12)3-7(6)5-13/h2-3H,4-5,12H2,1H3,(H,14,15). The van der Waals surface area contributed by atoms with Crippen molar-refractivity contribution in [2.75, 3.05) is 12.8 Å². The molecule has 2 rings (SSSR count). The number of hydrogen-bond donors (Lipinski definition) is 2. The van der Waals surface area contributed by atoms with Crippen LogP contribution >= 0.6 is 0 Å². The van der Waals surface area contributed by atoms with Crippen molar-refractivity contribution in [2.24, 2.45) is 0 Å². The Kier molecular flexibility index (Phi) is 2.63. The van der Waals surface area contributed by atoms with Gasteiger partial charge < -0.3 is 15.6 Å². The fraction of sp³-hybridized carbons (Fsp3) is 0.273. The van der Waals surface area contributed by atoms with Crippen LogP contribution in [-0.2, 0) is 17.8 Å². The van der Waals surface area contributed by atoms with E-state index in [4.69, 9.17) is 10.8 Å². The summed E-state index contributed by atoms with van der Waals surface area (Å²) in [5, 5.41) is 8.93. The highest BCUT2D eigenvalue weighted by molar-refractivity contribution is 5.94. The van der Waals surface area contributed by atoms with Crippen molar-refractivity contribution < 1.29 is 19.4 Å². The minimum Gasteiger partial charge on any atom is -0.478 e. The van der Waals surface area contributed by atoms with Crippen LogP contribution in [0.15, 0.2) is 12.1 Å². The summed E-state index contributed by atoms with van der Waals surface area (Å²) in [7, 11) is 1.31. The molecule has 3 N–H and O–H groups in total. The van der Waals surface area contributed by atoms with E-state index in [1.54, 1.807) is 6.07 Å². The molecule has 1 aliphatic heterocycles. The Bertz CT molecular complexity index is 498. The number of carbonyl (C=O) groups is 2. The normalized spacial score (nSPS) is 13.4. The number of ether oxygens (including phenoxy) is 1. The molecule has 0 atom stereocenters. The Morgan fingerprint density at radius 3 is 2.47 bits per heavy atom. The van der Waals surface area contributed by atoms with Crippen LogP contribution in [0.25, 0.3) is 0 Å². The van der Waals surface area contributed by atoms with E-state index in [0.29, 0.717) is 13.1 Å². The number of nitrogens with zero attached hydrogens (tertiary/aromatic N) is 1. The first-order valence-corrected chi connectivity index (χ1v) is 5.00. The van der Waals surface area contributed by atoms with Gasteiger partial charge in [-0.25, -0.2) is 9.59 Å². The van der Waals surface area contributed by atoms with Crippen LogP contribution in [0, 0.1) is 0 Å². The summed E-state index contributed by atoms with van der Waals surface area (Å²) in [5.74, 6) is -1.07. The van der Waals surface area contributed by atoms with E-state index >= 15 is 0 Å². The molecular weight excluding hydrogens is 224 g/mol. The first kappa shape index (κ1) is 11.3. The summed E-state index contributed by atoms with van der Waals surface area (Å²) in [6, 6.07) is 3.11. The van der Waals surface area contributed by atoms with Gasteiger partial charge in [-0.2, -0.15) is 0 Å². The lowest BCUT2D eigenvalue weighted by Crippen LogP contribution is -2.24. The molecule has 0 aliphatic carbocycles. The SMILES string of the molecule is COC(=O)N1Cc2cc(N)c(C(=O)O)cc2C1. The highest BCUT2D eigenvalue weighted by atomic mass is 16.5. The van der Waals surface area contributed by atoms with Crippen molar-refractivity contribution in [3.63, 3.8) is 0 Å². The zero-order valence-electron chi connectivity index (χ0n) is 9.27. The molecule has 0 radical (unpaired) electrons. The molecule has 1 amide bonds. The second kappa shape index (κ2) is 3.97. The van der Waals surface area contributed by atoms with Crippen LogP contribution in [0.5, 0.6) is 0 Å². The average Bonchev–Trinajstić information content (AvgIpc) is 2.69. The first-order valence-electron chi connectivity index (χ1n) is 5.00. The summed E-state index contributed by atoms with van der Waals surface area (Å²) < 4.78 is 4.61. The van der Waals surface area contributed by atoms with Gasteiger partial charge >= 0.3 is 12.1 Å². The van der Waals surface area contributed by atoms with Crippen molar-refractivity contribution in [3.05, 3.63) is 28.8 Å². The molecule has 6 heteroatoms. The number of amides is 1. The number of methoxy groups -OCH3 is 1. The zero-order valence-corrected chi connectivity index (χ0v) is 9.27. The monoisotopic (exact) mass is 236 g/mol. The predicted molar refractivity (Wildman–Crippen MR) is 59.5 cm³/mol. The predicted octanol–water partition coefficient (Wildman–Crippen LogP) is 1.05. The van der Waals surface area contributed by atoms with Gasteiger partial charge in [-0.05, 0) is 23.3 Å². The number of hydrogen-bond acceptors (Lipinski definition) is 4. The molecule has 90 valence electrons. The van der Waals surface area contributed by atoms with E-state index in [9.17, 15) is 9.59 Å². The number of carboxylic acids is 1. The number of aromatic carboxylic acids is 1. The summed E-state index contributed by atoms with van der Waals surface area (Å²) in [6.45, 7) is 0.745. The minimum absolute atomic E-state index is 0.0652. The molecule has 0 aromatic heterocycles. The maximum absolute atomic E-state index is 11.3. The lowest BCUT2D eigenvalue weighted by atomic mass is 10.0. The van der Waals surface area contributed by atoms with Gasteiger partial charge in [-0.1, -0.05) is 0 Å². The third-order valence-electron chi connectivity index (χ3n) is 2.76. The number of nitrogen functional groups attached to an aromatic ring is 1. The van der Waals surface area contributed by atoms with Gasteiger partial charge in [-0.3, -0.25) is 4.90 Å². The summed E-state index contributed by atoms with van der Waals surface area (Å²) in [4.78, 5) is 23.7. The van der Waals surface area contributed by atoms with E-state index in [0.717, 1.165) is 11.1 Å². The quantitative estimate of drug-likeness (QED) is 0.711. The second-order valence-electron chi connectivity index (χ2n) is 3.84. The van der Waals surface area contributed by atoms with Crippen LogP contribution in [-0.4, -0.2) is 29.2 Å². The van der Waals surface area contributed by atoms with E-state index in [1.165, 1.54) is 18.1 Å². The number of carbonyl (C=O) groups excluding carboxylic acids is 1. The number of rotatable bonds is 1. The van der Waals surface area contributed by atoms with E-state index in [1.807, 2.05) is 0 Å². The zero-order chi connectivity index (χ0) is 12.6. The molecule has 0 saturated heterocycles. The molecule has 0 fully saturated rings. The highest BCUT2D eigenvalue weighted by Crippen LogP contribution is 2.27. The van der Waals surface area contributed by atoms with Gasteiger partial charge in [0.1, 0.15) is 0 Å². The minimum atomic E-state index is -1.07. The van der Waals surface area contributed by atoms with Gasteiger partial charge in [0.05, 0.1) is 12.7 Å². The van der Waals surface area contributed by atoms with Gasteiger partial charge in [0.2, 0.25) is 0 Å². The average molecular weight is 236 g/mol. The second-order valence-corrected chi connectivity index (χ2v) is 3.84. The fourth-order valence-electron chi connectivity index (χ4n) is 1.91. The van der Waals surface area contributed by atoms with Gasteiger partial charge in [0, 0.05) is 18.8 Å². The van der Waals surface area contributed by atoms with Crippen molar-refractivity contribution >= 4 is 17.7 Å². The maximum Gasteiger partial charge on any atom is 0.410 e. The molecule has 1 aliphatic rings. The third-order valence-corrected chi connectivity index (χ3v) is 2.76. The molecule has 0 spiro atoms. The Labute approximate surface area is 97.6 Å². The van der Waals surface area contributed by atoms with Crippen molar-refractivity contribution in [3.8, 4) is 0 Å². The first-order chi connectivity index (χ1) is 8.02. The summed E-state index contributed by atoms with van der Waals surface area (Å²) >= 11 is 0. The number of fused-ring (bicyclic) bond motifs is 1. The lowest BCUT2D eigenvalue weighted by molar-refractivity contribution is 0.0698. The van der Waals surface area contributed by atoms with Crippen molar-refractivity contribution in [2.45, 2.75) is 13.1 Å². The van der Waals surface area contributed by atoms with Crippen LogP contribution in [0.3, 0.4) is 0 Å². The smallest absolute Gasteiger partial charge is 0.410 e. The Morgan fingerprint density at radius 1 is 1.35 bits per heavy atom. The van der Waals surface area contributed by atoms with Crippen LogP contribution in [0.4, 0.5) is 10.5 Å². The van der Waals surface area contributed by atoms with E-state index < -0.39 is 12.1 Å². The molecule has 0 bridgehead atoms. The van der Waals surface area contributed by atoms with E-state index in [2.05, 4.69) is 4.74 Å². The fourth-order valence-corrected chi connectivity index (χ4v) is 1.91. The molecule has 0 unspecified atom stereocenters. The van der Waals surface area contributed by atoms with Crippen LogP contribution < -0.4 is 5.73 Å². The molecule has 1 heterocycles. The number of anilines is 1. The maximum atomic E-state index is 11.3. The van der Waals surface area contributed by atoms with Gasteiger partial charge in [0.25, 0.3) is 0 Å².